The van der Waals surface area contributed by atoms with Gasteiger partial charge in [-0.2, -0.15) is 13.2 Å². The fourth-order valence-corrected chi connectivity index (χ4v) is 3.00. The van der Waals surface area contributed by atoms with Crippen LogP contribution in [-0.4, -0.2) is 28.2 Å². The van der Waals surface area contributed by atoms with Crippen LogP contribution in [0.2, 0.25) is 0 Å². The van der Waals surface area contributed by atoms with Gasteiger partial charge in [-0.15, -0.1) is 0 Å². The monoisotopic (exact) mass is 453 g/mol. The molecule has 1 amide bonds. The zero-order valence-corrected chi connectivity index (χ0v) is 16.8. The number of nitrogens with one attached hydrogen (secondary N) is 1. The van der Waals surface area contributed by atoms with E-state index in [-0.39, 0.29) is 42.1 Å². The summed E-state index contributed by atoms with van der Waals surface area (Å²) in [4.78, 5) is 34.5. The number of fused-ring (bicyclic) bond motifs is 1. The predicted octanol–water partition coefficient (Wildman–Crippen LogP) is 4.17. The minimum atomic E-state index is -4.52. The first-order chi connectivity index (χ1) is 15.0. The summed E-state index contributed by atoms with van der Waals surface area (Å²) in [7, 11) is 0. The van der Waals surface area contributed by atoms with Crippen molar-refractivity contribution in [2.75, 3.05) is 11.9 Å². The van der Waals surface area contributed by atoms with Crippen molar-refractivity contribution in [2.24, 2.45) is 0 Å². The molecule has 1 aromatic heterocycles. The van der Waals surface area contributed by atoms with Gasteiger partial charge in [0.1, 0.15) is 5.75 Å². The lowest BCUT2D eigenvalue weighted by molar-refractivity contribution is -0.384. The summed E-state index contributed by atoms with van der Waals surface area (Å²) in [6.07, 6.45) is -4.35. The van der Waals surface area contributed by atoms with Gasteiger partial charge in [-0.25, -0.2) is 4.79 Å². The van der Waals surface area contributed by atoms with Crippen molar-refractivity contribution in [2.45, 2.75) is 32.5 Å². The third-order valence-electron chi connectivity index (χ3n) is 4.45. The molecule has 3 rings (SSSR count). The Hall–Kier alpha value is -3.83. The van der Waals surface area contributed by atoms with Crippen molar-refractivity contribution < 1.29 is 32.0 Å². The fraction of sp³-hybridized carbons (Fsp3) is 0.300. The van der Waals surface area contributed by atoms with Crippen LogP contribution in [0.3, 0.4) is 0 Å². The number of alkyl halides is 3. The maximum absolute atomic E-state index is 12.5. The smallest absolute Gasteiger partial charge is 0.422 e. The summed E-state index contributed by atoms with van der Waals surface area (Å²) in [6, 6.07) is 8.21. The van der Waals surface area contributed by atoms with Crippen molar-refractivity contribution in [3.05, 3.63) is 62.6 Å². The van der Waals surface area contributed by atoms with Crippen molar-refractivity contribution in [3.8, 4) is 5.75 Å². The number of oxazole rings is 1. The normalized spacial score (nSPS) is 11.5. The lowest BCUT2D eigenvalue weighted by Gasteiger charge is -2.14. The minimum Gasteiger partial charge on any atom is -0.482 e. The van der Waals surface area contributed by atoms with Gasteiger partial charge >= 0.3 is 11.9 Å². The van der Waals surface area contributed by atoms with Crippen LogP contribution < -0.4 is 15.8 Å². The Morgan fingerprint density at radius 3 is 2.69 bits per heavy atom. The van der Waals surface area contributed by atoms with Crippen molar-refractivity contribution in [3.63, 3.8) is 0 Å². The van der Waals surface area contributed by atoms with Crippen molar-refractivity contribution in [1.29, 1.82) is 0 Å². The van der Waals surface area contributed by atoms with Gasteiger partial charge in [-0.05, 0) is 37.1 Å². The van der Waals surface area contributed by atoms with E-state index in [2.05, 4.69) is 5.32 Å². The number of non-ortho nitro benzene ring substituents is 1. The molecule has 32 heavy (non-hydrogen) atoms. The highest BCUT2D eigenvalue weighted by molar-refractivity contribution is 5.92. The molecule has 0 spiro atoms. The van der Waals surface area contributed by atoms with Gasteiger partial charge in [0.15, 0.2) is 12.2 Å². The maximum atomic E-state index is 12.5. The quantitative estimate of drug-likeness (QED) is 0.404. The Kier molecular flexibility index (Phi) is 6.51. The third-order valence-corrected chi connectivity index (χ3v) is 4.45. The number of amides is 1. The highest BCUT2D eigenvalue weighted by Gasteiger charge is 2.29. The molecule has 0 fully saturated rings. The van der Waals surface area contributed by atoms with Crippen LogP contribution in [0, 0.1) is 17.0 Å². The first-order valence-corrected chi connectivity index (χ1v) is 9.41. The molecule has 9 nitrogen and oxygen atoms in total. The number of rotatable bonds is 8. The average Bonchev–Trinajstić information content (AvgIpc) is 3.02. The van der Waals surface area contributed by atoms with Gasteiger partial charge in [0.2, 0.25) is 5.91 Å². The van der Waals surface area contributed by atoms with Crippen LogP contribution in [-0.2, 0) is 11.3 Å². The number of carbonyl (C=O) groups excluding carboxylic acids is 1. The Morgan fingerprint density at radius 2 is 2.00 bits per heavy atom. The Morgan fingerprint density at radius 1 is 1.25 bits per heavy atom. The van der Waals surface area contributed by atoms with E-state index < -0.39 is 29.4 Å². The molecule has 3 aromatic rings. The number of nitrogens with zero attached hydrogens (tertiary/aromatic N) is 2. The Bertz CT molecular complexity index is 1220. The molecule has 0 saturated carbocycles. The maximum Gasteiger partial charge on any atom is 0.422 e. The minimum absolute atomic E-state index is 0.0430. The van der Waals surface area contributed by atoms with Crippen LogP contribution in [0.15, 0.2) is 45.6 Å². The molecule has 0 aliphatic heterocycles. The number of benzene rings is 2. The number of nitro benzene ring substituents is 1. The molecule has 0 bridgehead atoms. The number of hydrogen-bond donors (Lipinski definition) is 1. The van der Waals surface area contributed by atoms with E-state index in [1.54, 1.807) is 13.0 Å². The lowest BCUT2D eigenvalue weighted by Crippen LogP contribution is -2.20. The number of halogens is 3. The second kappa shape index (κ2) is 9.12. The van der Waals surface area contributed by atoms with E-state index in [1.165, 1.54) is 28.8 Å². The van der Waals surface area contributed by atoms with Crippen LogP contribution in [0.4, 0.5) is 24.5 Å². The summed E-state index contributed by atoms with van der Waals surface area (Å²) in [6.45, 7) is 0.282. The molecule has 1 N–H and O–H groups in total. The molecule has 0 atom stereocenters. The average molecular weight is 453 g/mol. The van der Waals surface area contributed by atoms with Gasteiger partial charge in [-0.1, -0.05) is 6.07 Å². The molecule has 0 aliphatic carbocycles. The van der Waals surface area contributed by atoms with E-state index in [4.69, 9.17) is 9.15 Å². The van der Waals surface area contributed by atoms with E-state index in [1.807, 2.05) is 0 Å². The van der Waals surface area contributed by atoms with E-state index >= 15 is 0 Å². The SMILES string of the molecule is Cc1ccc(NC(=O)CCCn2c(=O)oc3cc([N+](=O)[O-])ccc32)c(OCC(F)(F)F)c1. The summed E-state index contributed by atoms with van der Waals surface area (Å²) < 4.78 is 48.4. The van der Waals surface area contributed by atoms with Crippen LogP contribution in [0.5, 0.6) is 5.75 Å². The molecule has 0 saturated heterocycles. The van der Waals surface area contributed by atoms with Gasteiger partial charge in [0.25, 0.3) is 5.69 Å². The first kappa shape index (κ1) is 22.8. The summed E-state index contributed by atoms with van der Waals surface area (Å²) in [5, 5.41) is 13.3. The van der Waals surface area contributed by atoms with Gasteiger partial charge in [-0.3, -0.25) is 19.5 Å². The number of aryl methyl sites for hydroxylation is 2. The molecule has 0 radical (unpaired) electrons. The first-order valence-electron chi connectivity index (χ1n) is 9.41. The Balaban J connectivity index is 1.63. The number of nitro groups is 1. The standard InChI is InChI=1S/C20H18F3N3O6/c1-12-4-6-14(16(9-12)31-11-20(21,22)23)24-18(27)3-2-8-25-15-7-5-13(26(29)30)10-17(15)32-19(25)28/h4-7,9-10H,2-3,8,11H2,1H3,(H,24,27). The molecule has 170 valence electrons. The van der Waals surface area contributed by atoms with E-state index in [0.29, 0.717) is 11.1 Å². The van der Waals surface area contributed by atoms with Crippen LogP contribution in [0.1, 0.15) is 18.4 Å². The summed E-state index contributed by atoms with van der Waals surface area (Å²) in [5.74, 6) is -1.31. The molecule has 2 aromatic carbocycles. The van der Waals surface area contributed by atoms with Crippen LogP contribution >= 0.6 is 0 Å². The zero-order valence-electron chi connectivity index (χ0n) is 16.8. The molecular weight excluding hydrogens is 435 g/mol. The number of anilines is 1. The van der Waals surface area contributed by atoms with Crippen LogP contribution in [0.25, 0.3) is 11.1 Å². The highest BCUT2D eigenvalue weighted by atomic mass is 19.4. The third kappa shape index (κ3) is 5.65. The van der Waals surface area contributed by atoms with Gasteiger partial charge in [0, 0.05) is 19.0 Å². The van der Waals surface area contributed by atoms with Crippen molar-refractivity contribution >= 4 is 28.4 Å². The number of hydrogen-bond acceptors (Lipinski definition) is 6. The number of ether oxygens (including phenoxy) is 1. The van der Waals surface area contributed by atoms with E-state index in [9.17, 15) is 32.9 Å². The van der Waals surface area contributed by atoms with Gasteiger partial charge in [0.05, 0.1) is 22.2 Å². The molecule has 12 heteroatoms. The lowest BCUT2D eigenvalue weighted by atomic mass is 10.2. The predicted molar refractivity (Wildman–Crippen MR) is 108 cm³/mol. The van der Waals surface area contributed by atoms with Gasteiger partial charge < -0.3 is 14.5 Å². The largest absolute Gasteiger partial charge is 0.482 e. The topological polar surface area (TPSA) is 117 Å². The molecule has 0 aliphatic rings. The molecular formula is C20H18F3N3O6. The van der Waals surface area contributed by atoms with E-state index in [0.717, 1.165) is 6.07 Å². The zero-order chi connectivity index (χ0) is 23.5. The molecule has 0 unspecified atom stereocenters. The number of aromatic nitrogens is 1. The number of carbonyl (C=O) groups is 1. The second-order valence-corrected chi connectivity index (χ2v) is 6.98. The summed E-state index contributed by atoms with van der Waals surface area (Å²) in [5.41, 5.74) is 0.941. The second-order valence-electron chi connectivity index (χ2n) is 6.98. The molecule has 1 heterocycles. The van der Waals surface area contributed by atoms with Crippen molar-refractivity contribution in [1.82, 2.24) is 4.57 Å². The fourth-order valence-electron chi connectivity index (χ4n) is 3.00. The summed E-state index contributed by atoms with van der Waals surface area (Å²) >= 11 is 0. The Labute approximate surface area is 178 Å². The highest BCUT2D eigenvalue weighted by Crippen LogP contribution is 2.28.